The van der Waals surface area contributed by atoms with Crippen molar-refractivity contribution in [3.05, 3.63) is 33.8 Å². The maximum Gasteiger partial charge on any atom is 0.0411 e. The van der Waals surface area contributed by atoms with Gasteiger partial charge in [-0.3, -0.25) is 0 Å². The van der Waals surface area contributed by atoms with Crippen LogP contribution in [0.25, 0.3) is 0 Å². The molecular weight excluding hydrogens is 238 g/mol. The molecule has 2 N–H and O–H groups in total. The van der Waals surface area contributed by atoms with Crippen molar-refractivity contribution in [2.45, 2.75) is 38.1 Å². The number of nitrogens with two attached hydrogens (primary N) is 1. The highest BCUT2D eigenvalue weighted by molar-refractivity contribution is 9.10. The lowest BCUT2D eigenvalue weighted by atomic mass is 9.97. The van der Waals surface area contributed by atoms with Crippen molar-refractivity contribution in [1.82, 2.24) is 0 Å². The van der Waals surface area contributed by atoms with Gasteiger partial charge in [0.2, 0.25) is 0 Å². The molecule has 0 aromatic heterocycles. The van der Waals surface area contributed by atoms with E-state index < -0.39 is 0 Å². The molecule has 0 radical (unpaired) electrons. The summed E-state index contributed by atoms with van der Waals surface area (Å²) in [6.07, 6.45) is 2.25. The van der Waals surface area contributed by atoms with Crippen molar-refractivity contribution in [2.24, 2.45) is 5.73 Å². The summed E-state index contributed by atoms with van der Waals surface area (Å²) in [6, 6.07) is 6.58. The summed E-state index contributed by atoms with van der Waals surface area (Å²) in [7, 11) is 0. The Labute approximate surface area is 93.8 Å². The predicted molar refractivity (Wildman–Crippen MR) is 63.3 cm³/mol. The van der Waals surface area contributed by atoms with Gasteiger partial charge in [0, 0.05) is 10.0 Å². The third kappa shape index (κ3) is 1.86. The van der Waals surface area contributed by atoms with E-state index in [2.05, 4.69) is 48.0 Å². The standard InChI is InChI=1S/C12H16BrN/c1-8(2)9-5-10(7-11(13)6-9)12(14)3-4-12/h5-8H,3-4,14H2,1-2H3. The van der Waals surface area contributed by atoms with E-state index in [1.54, 1.807) is 0 Å². The van der Waals surface area contributed by atoms with Gasteiger partial charge in [-0.2, -0.15) is 0 Å². The van der Waals surface area contributed by atoms with Crippen molar-refractivity contribution in [3.63, 3.8) is 0 Å². The first-order chi connectivity index (χ1) is 6.51. The van der Waals surface area contributed by atoms with E-state index in [9.17, 15) is 0 Å². The average molecular weight is 254 g/mol. The lowest BCUT2D eigenvalue weighted by molar-refractivity contribution is 0.733. The molecule has 0 atom stereocenters. The second-order valence-electron chi connectivity index (χ2n) is 4.58. The summed E-state index contributed by atoms with van der Waals surface area (Å²) in [6.45, 7) is 4.42. The van der Waals surface area contributed by atoms with Crippen LogP contribution in [0.4, 0.5) is 0 Å². The third-order valence-corrected chi connectivity index (χ3v) is 3.41. The maximum atomic E-state index is 6.18. The second kappa shape index (κ2) is 3.35. The van der Waals surface area contributed by atoms with Crippen LogP contribution in [0.5, 0.6) is 0 Å². The lowest BCUT2D eigenvalue weighted by Gasteiger charge is -2.14. The topological polar surface area (TPSA) is 26.0 Å². The average Bonchev–Trinajstić information content (AvgIpc) is 2.84. The summed E-state index contributed by atoms with van der Waals surface area (Å²) >= 11 is 3.55. The molecule has 0 bridgehead atoms. The largest absolute Gasteiger partial charge is 0.321 e. The fourth-order valence-corrected chi connectivity index (χ4v) is 2.17. The molecular formula is C12H16BrN. The van der Waals surface area contributed by atoms with E-state index in [1.807, 2.05) is 0 Å². The summed E-state index contributed by atoms with van der Waals surface area (Å²) in [5, 5.41) is 0. The minimum atomic E-state index is -0.0204. The normalized spacial score (nSPS) is 18.6. The first-order valence-electron chi connectivity index (χ1n) is 5.11. The summed E-state index contributed by atoms with van der Waals surface area (Å²) < 4.78 is 1.15. The van der Waals surface area contributed by atoms with Gasteiger partial charge in [-0.25, -0.2) is 0 Å². The van der Waals surface area contributed by atoms with Crippen LogP contribution in [-0.4, -0.2) is 0 Å². The molecule has 0 unspecified atom stereocenters. The third-order valence-electron chi connectivity index (χ3n) is 2.95. The summed E-state index contributed by atoms with van der Waals surface area (Å²) in [5.74, 6) is 0.564. The Kier molecular flexibility index (Phi) is 2.44. The summed E-state index contributed by atoms with van der Waals surface area (Å²) in [5.41, 5.74) is 8.82. The van der Waals surface area contributed by atoms with Gasteiger partial charge in [-0.1, -0.05) is 35.8 Å². The Balaban J connectivity index is 2.42. The molecule has 1 nitrogen and oxygen atoms in total. The fraction of sp³-hybridized carbons (Fsp3) is 0.500. The van der Waals surface area contributed by atoms with Gasteiger partial charge in [0.1, 0.15) is 0 Å². The van der Waals surface area contributed by atoms with Crippen LogP contribution in [0.3, 0.4) is 0 Å². The Bertz CT molecular complexity index is 353. The van der Waals surface area contributed by atoms with Crippen LogP contribution < -0.4 is 5.73 Å². The van der Waals surface area contributed by atoms with Crippen molar-refractivity contribution in [3.8, 4) is 0 Å². The molecule has 1 fully saturated rings. The maximum absolute atomic E-state index is 6.18. The van der Waals surface area contributed by atoms with Gasteiger partial charge >= 0.3 is 0 Å². The molecule has 0 amide bonds. The van der Waals surface area contributed by atoms with Crippen molar-refractivity contribution in [1.29, 1.82) is 0 Å². The minimum Gasteiger partial charge on any atom is -0.321 e. The molecule has 2 rings (SSSR count). The number of hydrogen-bond acceptors (Lipinski definition) is 1. The zero-order chi connectivity index (χ0) is 10.3. The van der Waals surface area contributed by atoms with Crippen LogP contribution in [0.2, 0.25) is 0 Å². The zero-order valence-corrected chi connectivity index (χ0v) is 10.3. The van der Waals surface area contributed by atoms with Crippen molar-refractivity contribution >= 4 is 15.9 Å². The Morgan fingerprint density at radius 2 is 1.93 bits per heavy atom. The highest BCUT2D eigenvalue weighted by Crippen LogP contribution is 2.44. The first kappa shape index (κ1) is 10.2. The molecule has 0 spiro atoms. The molecule has 76 valence electrons. The van der Waals surface area contributed by atoms with E-state index in [0.29, 0.717) is 5.92 Å². The monoisotopic (exact) mass is 253 g/mol. The molecule has 0 heterocycles. The zero-order valence-electron chi connectivity index (χ0n) is 8.68. The van der Waals surface area contributed by atoms with Crippen molar-refractivity contribution in [2.75, 3.05) is 0 Å². The van der Waals surface area contributed by atoms with E-state index >= 15 is 0 Å². The van der Waals surface area contributed by atoms with Gasteiger partial charge in [-0.05, 0) is 42.0 Å². The number of benzene rings is 1. The molecule has 1 aliphatic rings. The number of rotatable bonds is 2. The molecule has 1 aliphatic carbocycles. The first-order valence-corrected chi connectivity index (χ1v) is 5.90. The number of halogens is 1. The van der Waals surface area contributed by atoms with Gasteiger partial charge < -0.3 is 5.73 Å². The van der Waals surface area contributed by atoms with Gasteiger partial charge in [0.15, 0.2) is 0 Å². The molecule has 1 aromatic carbocycles. The number of hydrogen-bond donors (Lipinski definition) is 1. The Hall–Kier alpha value is -0.340. The van der Waals surface area contributed by atoms with Crippen LogP contribution >= 0.6 is 15.9 Å². The van der Waals surface area contributed by atoms with Crippen LogP contribution in [0, 0.1) is 0 Å². The van der Waals surface area contributed by atoms with E-state index in [4.69, 9.17) is 5.73 Å². The van der Waals surface area contributed by atoms with Crippen LogP contribution in [-0.2, 0) is 5.54 Å². The molecule has 0 aliphatic heterocycles. The highest BCUT2D eigenvalue weighted by Gasteiger charge is 2.40. The van der Waals surface area contributed by atoms with Crippen LogP contribution in [0.15, 0.2) is 22.7 Å². The van der Waals surface area contributed by atoms with Crippen LogP contribution in [0.1, 0.15) is 43.7 Å². The quantitative estimate of drug-likeness (QED) is 0.858. The molecule has 2 heteroatoms. The molecule has 1 aromatic rings. The summed E-state index contributed by atoms with van der Waals surface area (Å²) in [4.78, 5) is 0. The molecule has 0 saturated heterocycles. The Morgan fingerprint density at radius 1 is 1.29 bits per heavy atom. The second-order valence-corrected chi connectivity index (χ2v) is 5.50. The highest BCUT2D eigenvalue weighted by atomic mass is 79.9. The SMILES string of the molecule is CC(C)c1cc(Br)cc(C2(N)CC2)c1. The Morgan fingerprint density at radius 3 is 2.43 bits per heavy atom. The van der Waals surface area contributed by atoms with Gasteiger partial charge in [-0.15, -0.1) is 0 Å². The van der Waals surface area contributed by atoms with Crippen molar-refractivity contribution < 1.29 is 0 Å². The fourth-order valence-electron chi connectivity index (χ4n) is 1.66. The van der Waals surface area contributed by atoms with Gasteiger partial charge in [0.25, 0.3) is 0 Å². The molecule has 14 heavy (non-hydrogen) atoms. The lowest BCUT2D eigenvalue weighted by Crippen LogP contribution is -2.18. The smallest absolute Gasteiger partial charge is 0.0411 e. The van der Waals surface area contributed by atoms with E-state index in [0.717, 1.165) is 17.3 Å². The molecule has 1 saturated carbocycles. The van der Waals surface area contributed by atoms with E-state index in [-0.39, 0.29) is 5.54 Å². The predicted octanol–water partition coefficient (Wildman–Crippen LogP) is 3.52. The van der Waals surface area contributed by atoms with Gasteiger partial charge in [0.05, 0.1) is 0 Å². The minimum absolute atomic E-state index is 0.0204. The van der Waals surface area contributed by atoms with E-state index in [1.165, 1.54) is 11.1 Å².